The smallest absolute Gasteiger partial charge is 0.419 e. The molecule has 1 aliphatic heterocycles. The number of aliphatic imine (C=N–C) groups is 1. The van der Waals surface area contributed by atoms with E-state index in [1.807, 2.05) is 0 Å². The number of likely N-dealkylation sites (N-methyl/N-ethyl adjacent to an activating group) is 1. The number of alkyl halides is 9. The highest BCUT2D eigenvalue weighted by Gasteiger charge is 2.45. The van der Waals surface area contributed by atoms with Crippen LogP contribution >= 0.6 is 34.8 Å². The van der Waals surface area contributed by atoms with E-state index >= 15 is 0 Å². The number of imide groups is 1. The minimum absolute atomic E-state index is 0.383. The first kappa shape index (κ1) is 29.6. The topological polar surface area (TPSA) is 74.2 Å². The number of hydrogen-bond donors (Lipinski definition) is 1. The van der Waals surface area contributed by atoms with Gasteiger partial charge in [-0.25, -0.2) is 19.1 Å². The lowest BCUT2D eigenvalue weighted by Crippen LogP contribution is -2.36. The van der Waals surface area contributed by atoms with E-state index in [0.717, 1.165) is 38.4 Å². The molecule has 1 heterocycles. The Bertz CT molecular complexity index is 1300. The molecule has 7 nitrogen and oxygen atoms in total. The van der Waals surface area contributed by atoms with Crippen molar-refractivity contribution < 1.29 is 45.1 Å². The molecular weight excluding hydrogens is 596 g/mol. The first-order valence-corrected chi connectivity index (χ1v) is 11.2. The van der Waals surface area contributed by atoms with Crippen molar-refractivity contribution in [3.8, 4) is 5.75 Å². The van der Waals surface area contributed by atoms with E-state index in [1.54, 1.807) is 0 Å². The van der Waals surface area contributed by atoms with Gasteiger partial charge < -0.3 is 10.1 Å². The molecule has 1 unspecified atom stereocenters. The van der Waals surface area contributed by atoms with Gasteiger partial charge in [0.2, 0.25) is 9.63 Å². The highest BCUT2D eigenvalue weighted by Crippen LogP contribution is 2.41. The lowest BCUT2D eigenvalue weighted by atomic mass is 10.1. The van der Waals surface area contributed by atoms with E-state index in [9.17, 15) is 40.3 Å². The predicted octanol–water partition coefficient (Wildman–Crippen LogP) is 6.48. The van der Waals surface area contributed by atoms with Crippen LogP contribution in [0.25, 0.3) is 0 Å². The van der Waals surface area contributed by atoms with Crippen molar-refractivity contribution >= 4 is 64.0 Å². The van der Waals surface area contributed by atoms with Gasteiger partial charge in [0.15, 0.2) is 17.7 Å². The van der Waals surface area contributed by atoms with E-state index in [4.69, 9.17) is 39.5 Å². The van der Waals surface area contributed by atoms with Crippen LogP contribution in [-0.4, -0.2) is 46.8 Å². The quantitative estimate of drug-likeness (QED) is 0.239. The summed E-state index contributed by atoms with van der Waals surface area (Å²) in [6.45, 7) is 0. The number of nitrogens with one attached hydrogen (secondary N) is 1. The molecule has 2 aromatic rings. The molecular formula is C21H14Cl3F7N4O3. The van der Waals surface area contributed by atoms with Gasteiger partial charge in [-0.05, 0) is 30.3 Å². The Morgan fingerprint density at radius 2 is 1.63 bits per heavy atom. The molecule has 17 heteroatoms. The molecule has 1 atom stereocenters. The van der Waals surface area contributed by atoms with Crippen LogP contribution in [-0.2, 0) is 17.1 Å². The number of amidine groups is 1. The minimum atomic E-state index is -5.06. The maximum absolute atomic E-state index is 14.5. The fourth-order valence-corrected chi connectivity index (χ4v) is 3.62. The van der Waals surface area contributed by atoms with Gasteiger partial charge in [-0.1, -0.05) is 40.9 Å². The number of rotatable bonds is 5. The number of methoxy groups -OCH3 is 1. The Balaban J connectivity index is 2.04. The van der Waals surface area contributed by atoms with E-state index < -0.39 is 74.2 Å². The van der Waals surface area contributed by atoms with Crippen LogP contribution in [0.5, 0.6) is 5.75 Å². The fourth-order valence-electron chi connectivity index (χ4n) is 3.31. The van der Waals surface area contributed by atoms with Crippen molar-refractivity contribution in [2.24, 2.45) is 4.99 Å². The Kier molecular flexibility index (Phi) is 8.02. The van der Waals surface area contributed by atoms with Gasteiger partial charge in [-0.15, -0.1) is 0 Å². The average molecular weight is 610 g/mol. The zero-order chi connectivity index (χ0) is 28.8. The van der Waals surface area contributed by atoms with Gasteiger partial charge in [0.1, 0.15) is 0 Å². The molecule has 38 heavy (non-hydrogen) atoms. The number of ether oxygens (including phenoxy) is 1. The Labute approximate surface area is 224 Å². The molecule has 2 aromatic carbocycles. The van der Waals surface area contributed by atoms with Crippen molar-refractivity contribution in [2.75, 3.05) is 24.4 Å². The Hall–Kier alpha value is -2.97. The molecule has 0 radical (unpaired) electrons. The number of anilines is 2. The molecule has 0 aromatic heterocycles. The summed E-state index contributed by atoms with van der Waals surface area (Å²) in [5.74, 6) is -4.63. The van der Waals surface area contributed by atoms with Crippen LogP contribution in [0.15, 0.2) is 41.4 Å². The molecule has 3 rings (SSSR count). The van der Waals surface area contributed by atoms with Crippen LogP contribution < -0.4 is 15.0 Å². The van der Waals surface area contributed by atoms with Crippen molar-refractivity contribution in [3.05, 3.63) is 53.3 Å². The third-order valence-electron chi connectivity index (χ3n) is 5.08. The zero-order valence-corrected chi connectivity index (χ0v) is 21.2. The molecule has 0 saturated carbocycles. The number of carbonyl (C=O) groups excluding carboxylic acids is 2. The summed E-state index contributed by atoms with van der Waals surface area (Å²) < 4.78 is 95.3. The lowest BCUT2D eigenvalue weighted by Gasteiger charge is -2.25. The highest BCUT2D eigenvalue weighted by molar-refractivity contribution is 6.68. The molecule has 1 saturated heterocycles. The standard InChI is InChI=1S/C21H14Cl3F7N4O3/c1-34-15(16(36)35(18(34)37)10-5-3-4-9(8-10)20(26,27)28)33-17(19(22,23)24)32-12-7-6-11(21(29,30)31)13(25)14(12)38-2/h3-8,17,32H,1-2H3. The largest absolute Gasteiger partial charge is 0.492 e. The molecule has 0 spiro atoms. The van der Waals surface area contributed by atoms with Crippen LogP contribution in [0.1, 0.15) is 11.1 Å². The SMILES string of the molecule is COc1c(NC(N=C2C(=O)N(c3cccc(C(F)(F)F)c3)C(=O)N2C)C(Cl)(Cl)Cl)ccc(C(F)(F)F)c1F. The molecule has 3 amide bonds. The van der Waals surface area contributed by atoms with Crippen LogP contribution in [0.3, 0.4) is 0 Å². The summed E-state index contributed by atoms with van der Waals surface area (Å²) in [6.07, 6.45) is -11.7. The number of hydrogen-bond acceptors (Lipinski definition) is 5. The maximum Gasteiger partial charge on any atom is 0.419 e. The van der Waals surface area contributed by atoms with Crippen molar-refractivity contribution in [1.29, 1.82) is 0 Å². The van der Waals surface area contributed by atoms with Crippen molar-refractivity contribution in [2.45, 2.75) is 22.3 Å². The molecule has 1 aliphatic rings. The fraction of sp³-hybridized carbons (Fsp3) is 0.286. The highest BCUT2D eigenvalue weighted by atomic mass is 35.6. The number of urea groups is 1. The Morgan fingerprint density at radius 1 is 1.00 bits per heavy atom. The number of halogens is 10. The van der Waals surface area contributed by atoms with E-state index in [2.05, 4.69) is 10.3 Å². The van der Waals surface area contributed by atoms with Gasteiger partial charge >= 0.3 is 24.3 Å². The zero-order valence-electron chi connectivity index (χ0n) is 18.9. The summed E-state index contributed by atoms with van der Waals surface area (Å²) in [5.41, 5.74) is -3.69. The van der Waals surface area contributed by atoms with E-state index in [-0.39, 0.29) is 0 Å². The summed E-state index contributed by atoms with van der Waals surface area (Å²) in [5, 5.41) is 2.35. The number of amides is 3. The lowest BCUT2D eigenvalue weighted by molar-refractivity contribution is -0.140. The van der Waals surface area contributed by atoms with Gasteiger partial charge in [-0.3, -0.25) is 9.69 Å². The molecule has 1 N–H and O–H groups in total. The number of nitrogens with zero attached hydrogens (tertiary/aromatic N) is 3. The monoisotopic (exact) mass is 608 g/mol. The van der Waals surface area contributed by atoms with Crippen LogP contribution in [0, 0.1) is 5.82 Å². The van der Waals surface area contributed by atoms with E-state index in [1.165, 1.54) is 0 Å². The van der Waals surface area contributed by atoms with Gasteiger partial charge in [0.25, 0.3) is 0 Å². The van der Waals surface area contributed by atoms with Crippen molar-refractivity contribution in [1.82, 2.24) is 4.90 Å². The molecule has 0 aliphatic carbocycles. The first-order valence-electron chi connectivity index (χ1n) is 10.0. The van der Waals surface area contributed by atoms with Crippen molar-refractivity contribution in [3.63, 3.8) is 0 Å². The summed E-state index contributed by atoms with van der Waals surface area (Å²) in [6, 6.07) is 3.38. The maximum atomic E-state index is 14.5. The molecule has 206 valence electrons. The average Bonchev–Trinajstić information content (AvgIpc) is 2.99. The van der Waals surface area contributed by atoms with Crippen LogP contribution in [0.2, 0.25) is 0 Å². The first-order chi connectivity index (χ1) is 17.4. The third kappa shape index (κ3) is 5.86. The second-order valence-corrected chi connectivity index (χ2v) is 9.95. The molecule has 0 bridgehead atoms. The van der Waals surface area contributed by atoms with Gasteiger partial charge in [0.05, 0.1) is 29.6 Å². The molecule has 1 fully saturated rings. The second kappa shape index (κ2) is 10.3. The predicted molar refractivity (Wildman–Crippen MR) is 125 cm³/mol. The summed E-state index contributed by atoms with van der Waals surface area (Å²) >= 11 is 17.7. The normalized spacial score (nSPS) is 16.9. The Morgan fingerprint density at radius 3 is 2.16 bits per heavy atom. The van der Waals surface area contributed by atoms with Gasteiger partial charge in [-0.2, -0.15) is 26.3 Å². The summed E-state index contributed by atoms with van der Waals surface area (Å²) in [7, 11) is 1.93. The van der Waals surface area contributed by atoms with E-state index in [0.29, 0.717) is 21.9 Å². The minimum Gasteiger partial charge on any atom is -0.492 e. The van der Waals surface area contributed by atoms with Crippen LogP contribution in [0.4, 0.5) is 46.9 Å². The second-order valence-electron chi connectivity index (χ2n) is 7.58. The number of carbonyl (C=O) groups is 2. The summed E-state index contributed by atoms with van der Waals surface area (Å²) in [4.78, 5) is 30.7. The number of benzene rings is 2. The van der Waals surface area contributed by atoms with Gasteiger partial charge in [0, 0.05) is 7.05 Å². The third-order valence-corrected chi connectivity index (χ3v) is 5.70.